The van der Waals surface area contributed by atoms with E-state index in [1.807, 2.05) is 0 Å². The number of nitrogens with zero attached hydrogens (tertiary/aromatic N) is 2. The van der Waals surface area contributed by atoms with E-state index in [-0.39, 0.29) is 16.8 Å². The van der Waals surface area contributed by atoms with Gasteiger partial charge in [-0.1, -0.05) is 12.1 Å². The van der Waals surface area contributed by atoms with Crippen LogP contribution in [0.1, 0.15) is 15.9 Å². The van der Waals surface area contributed by atoms with Gasteiger partial charge in [-0.2, -0.15) is 5.26 Å². The Balaban J connectivity index is 2.16. The lowest BCUT2D eigenvalue weighted by Crippen LogP contribution is -2.22. The van der Waals surface area contributed by atoms with Gasteiger partial charge in [0, 0.05) is 17.8 Å². The standard InChI is InChI=1S/C17H11N3O5/c18-10-13(9-11-1-7-15(8-2-11)20(24)25)16(21)19-14-5-3-12(4-6-14)17(22)23/h1-9H,(H,19,21)(H,22,23)/p-1/b13-9+. The van der Waals surface area contributed by atoms with Gasteiger partial charge in [0.1, 0.15) is 11.6 Å². The Hall–Kier alpha value is -3.99. The molecule has 0 saturated carbocycles. The molecule has 2 aromatic carbocycles. The van der Waals surface area contributed by atoms with Crippen LogP contribution in [-0.2, 0) is 4.79 Å². The zero-order valence-corrected chi connectivity index (χ0v) is 12.6. The van der Waals surface area contributed by atoms with Crippen molar-refractivity contribution >= 4 is 29.3 Å². The third-order valence-electron chi connectivity index (χ3n) is 3.16. The Bertz CT molecular complexity index is 893. The summed E-state index contributed by atoms with van der Waals surface area (Å²) in [5.74, 6) is -2.03. The Kier molecular flexibility index (Phi) is 5.22. The van der Waals surface area contributed by atoms with E-state index in [0.717, 1.165) is 0 Å². The number of anilines is 1. The first-order valence-electron chi connectivity index (χ1n) is 6.89. The largest absolute Gasteiger partial charge is 0.545 e. The third kappa shape index (κ3) is 4.49. The van der Waals surface area contributed by atoms with Crippen LogP contribution in [-0.4, -0.2) is 16.8 Å². The Labute approximate surface area is 141 Å². The summed E-state index contributed by atoms with van der Waals surface area (Å²) < 4.78 is 0. The van der Waals surface area contributed by atoms with E-state index in [1.54, 1.807) is 6.07 Å². The van der Waals surface area contributed by atoms with Gasteiger partial charge in [0.05, 0.1) is 10.9 Å². The van der Waals surface area contributed by atoms with E-state index in [9.17, 15) is 24.8 Å². The highest BCUT2D eigenvalue weighted by Gasteiger charge is 2.10. The molecule has 1 amide bonds. The van der Waals surface area contributed by atoms with Crippen molar-refractivity contribution in [2.45, 2.75) is 0 Å². The molecule has 8 nitrogen and oxygen atoms in total. The van der Waals surface area contributed by atoms with Gasteiger partial charge in [0.15, 0.2) is 0 Å². The Morgan fingerprint density at radius 1 is 1.08 bits per heavy atom. The van der Waals surface area contributed by atoms with E-state index in [4.69, 9.17) is 5.26 Å². The molecule has 0 saturated heterocycles. The number of hydrogen-bond donors (Lipinski definition) is 1. The van der Waals surface area contributed by atoms with Crippen molar-refractivity contribution < 1.29 is 19.6 Å². The van der Waals surface area contributed by atoms with Crippen molar-refractivity contribution in [1.29, 1.82) is 5.26 Å². The molecule has 0 fully saturated rings. The molecular weight excluding hydrogens is 326 g/mol. The van der Waals surface area contributed by atoms with E-state index in [2.05, 4.69) is 5.32 Å². The van der Waals surface area contributed by atoms with Gasteiger partial charge in [-0.3, -0.25) is 14.9 Å². The molecule has 0 aliphatic rings. The number of carboxylic acids is 1. The van der Waals surface area contributed by atoms with Gasteiger partial charge in [-0.25, -0.2) is 0 Å². The fourth-order valence-corrected chi connectivity index (χ4v) is 1.90. The quantitative estimate of drug-likeness (QED) is 0.380. The summed E-state index contributed by atoms with van der Waals surface area (Å²) in [7, 11) is 0. The van der Waals surface area contributed by atoms with Gasteiger partial charge in [0.25, 0.3) is 11.6 Å². The molecule has 0 aliphatic carbocycles. The number of carbonyl (C=O) groups is 2. The van der Waals surface area contributed by atoms with E-state index >= 15 is 0 Å². The molecule has 0 aromatic heterocycles. The average molecular weight is 336 g/mol. The van der Waals surface area contributed by atoms with Crippen LogP contribution < -0.4 is 10.4 Å². The predicted molar refractivity (Wildman–Crippen MR) is 86.1 cm³/mol. The SMILES string of the molecule is N#C/C(=C\c1ccc([N+](=O)[O-])cc1)C(=O)Nc1ccc(C(=O)[O-])cc1. The molecular formula is C17H10N3O5-. The van der Waals surface area contributed by atoms with Crippen LogP contribution in [0.5, 0.6) is 0 Å². The van der Waals surface area contributed by atoms with Crippen LogP contribution in [0, 0.1) is 21.4 Å². The van der Waals surface area contributed by atoms with Crippen molar-refractivity contribution in [1.82, 2.24) is 0 Å². The van der Waals surface area contributed by atoms with Crippen LogP contribution in [0.15, 0.2) is 54.1 Å². The maximum Gasteiger partial charge on any atom is 0.269 e. The van der Waals surface area contributed by atoms with Gasteiger partial charge in [-0.05, 0) is 41.5 Å². The highest BCUT2D eigenvalue weighted by molar-refractivity contribution is 6.09. The fraction of sp³-hybridized carbons (Fsp3) is 0. The van der Waals surface area contributed by atoms with Crippen LogP contribution >= 0.6 is 0 Å². The summed E-state index contributed by atoms with van der Waals surface area (Å²) in [5, 5.41) is 32.8. The molecule has 8 heteroatoms. The number of nitrogens with one attached hydrogen (secondary N) is 1. The number of nitriles is 1. The summed E-state index contributed by atoms with van der Waals surface area (Å²) in [6.07, 6.45) is 1.29. The summed E-state index contributed by atoms with van der Waals surface area (Å²) in [5.41, 5.74) is 0.398. The average Bonchev–Trinajstić information content (AvgIpc) is 2.60. The molecule has 0 aliphatic heterocycles. The predicted octanol–water partition coefficient (Wildman–Crippen LogP) is 1.50. The molecule has 2 aromatic rings. The number of amides is 1. The lowest BCUT2D eigenvalue weighted by Gasteiger charge is -2.06. The van der Waals surface area contributed by atoms with Crippen molar-refractivity contribution in [3.8, 4) is 6.07 Å². The Morgan fingerprint density at radius 2 is 1.68 bits per heavy atom. The normalized spacial score (nSPS) is 10.6. The second-order valence-electron chi connectivity index (χ2n) is 4.84. The molecule has 0 atom stereocenters. The first-order valence-corrected chi connectivity index (χ1v) is 6.89. The van der Waals surface area contributed by atoms with Gasteiger partial charge in [0.2, 0.25) is 0 Å². The van der Waals surface area contributed by atoms with Crippen molar-refractivity contribution in [3.05, 3.63) is 75.3 Å². The molecule has 0 heterocycles. The second kappa shape index (κ2) is 7.52. The van der Waals surface area contributed by atoms with Gasteiger partial charge < -0.3 is 15.2 Å². The minimum Gasteiger partial charge on any atom is -0.545 e. The molecule has 2 rings (SSSR count). The number of carboxylic acid groups (broad SMARTS) is 1. The summed E-state index contributed by atoms with van der Waals surface area (Å²) in [6, 6.07) is 12.4. The van der Waals surface area contributed by atoms with E-state index in [0.29, 0.717) is 11.3 Å². The van der Waals surface area contributed by atoms with Gasteiger partial charge in [-0.15, -0.1) is 0 Å². The minimum atomic E-state index is -1.34. The van der Waals surface area contributed by atoms with E-state index in [1.165, 1.54) is 54.6 Å². The topological polar surface area (TPSA) is 136 Å². The van der Waals surface area contributed by atoms with Gasteiger partial charge >= 0.3 is 0 Å². The van der Waals surface area contributed by atoms with Crippen LogP contribution in [0.3, 0.4) is 0 Å². The maximum atomic E-state index is 12.1. The summed E-state index contributed by atoms with van der Waals surface area (Å²) in [4.78, 5) is 32.8. The zero-order chi connectivity index (χ0) is 18.4. The van der Waals surface area contributed by atoms with Crippen LogP contribution in [0.2, 0.25) is 0 Å². The highest BCUT2D eigenvalue weighted by Crippen LogP contribution is 2.16. The fourth-order valence-electron chi connectivity index (χ4n) is 1.90. The Morgan fingerprint density at radius 3 is 2.16 bits per heavy atom. The smallest absolute Gasteiger partial charge is 0.269 e. The number of carbonyl (C=O) groups excluding carboxylic acids is 2. The van der Waals surface area contributed by atoms with Crippen molar-refractivity contribution in [2.75, 3.05) is 5.32 Å². The number of aromatic carboxylic acids is 1. The molecule has 1 N–H and O–H groups in total. The molecule has 0 spiro atoms. The molecule has 0 bridgehead atoms. The highest BCUT2D eigenvalue weighted by atomic mass is 16.6. The first kappa shape index (κ1) is 17.4. The molecule has 25 heavy (non-hydrogen) atoms. The number of non-ortho nitro benzene ring substituents is 1. The lowest BCUT2D eigenvalue weighted by atomic mass is 10.1. The van der Waals surface area contributed by atoms with Crippen molar-refractivity contribution in [2.24, 2.45) is 0 Å². The second-order valence-corrected chi connectivity index (χ2v) is 4.84. The number of benzene rings is 2. The monoisotopic (exact) mass is 336 g/mol. The maximum absolute atomic E-state index is 12.1. The number of nitro groups is 1. The third-order valence-corrected chi connectivity index (χ3v) is 3.16. The number of nitro benzene ring substituents is 1. The number of hydrogen-bond acceptors (Lipinski definition) is 6. The van der Waals surface area contributed by atoms with Crippen LogP contribution in [0.25, 0.3) is 6.08 Å². The first-order chi connectivity index (χ1) is 11.9. The zero-order valence-electron chi connectivity index (χ0n) is 12.6. The summed E-state index contributed by atoms with van der Waals surface area (Å²) >= 11 is 0. The minimum absolute atomic E-state index is 0.0417. The molecule has 124 valence electrons. The van der Waals surface area contributed by atoms with Crippen molar-refractivity contribution in [3.63, 3.8) is 0 Å². The lowest BCUT2D eigenvalue weighted by molar-refractivity contribution is -0.384. The molecule has 0 unspecified atom stereocenters. The number of rotatable bonds is 5. The summed E-state index contributed by atoms with van der Waals surface area (Å²) in [6.45, 7) is 0. The molecule has 0 radical (unpaired) electrons. The van der Waals surface area contributed by atoms with Crippen LogP contribution in [0.4, 0.5) is 11.4 Å². The van der Waals surface area contributed by atoms with E-state index < -0.39 is 16.8 Å².